The third-order valence-corrected chi connectivity index (χ3v) is 2.46. The Morgan fingerprint density at radius 3 is 2.85 bits per heavy atom. The van der Waals surface area contributed by atoms with Crippen LogP contribution in [0.4, 0.5) is 0 Å². The second kappa shape index (κ2) is 6.70. The molecule has 0 N–H and O–H groups in total. The number of allylic oxidation sites excluding steroid dienone is 1. The minimum absolute atomic E-state index is 0.117. The van der Waals surface area contributed by atoms with Gasteiger partial charge in [-0.05, 0) is 25.7 Å². The van der Waals surface area contributed by atoms with Crippen molar-refractivity contribution in [2.45, 2.75) is 51.0 Å². The maximum Gasteiger partial charge on any atom is 0.293 e. The maximum atomic E-state index is 10.2. The standard InChI is InChI=1S/C11H18O2/c12-10-13-11-8-6-4-2-1-3-5-7-9-11/h4,6,10-11H,1-3,5,7-9H2. The number of carbonyl (C=O) groups excluding carboxylic acids is 1. The molecular weight excluding hydrogens is 164 g/mol. The Bertz CT molecular complexity index is 163. The molecule has 74 valence electrons. The van der Waals surface area contributed by atoms with Crippen molar-refractivity contribution < 1.29 is 9.53 Å². The van der Waals surface area contributed by atoms with Gasteiger partial charge in [0.1, 0.15) is 6.10 Å². The van der Waals surface area contributed by atoms with Gasteiger partial charge >= 0.3 is 0 Å². The van der Waals surface area contributed by atoms with E-state index in [2.05, 4.69) is 12.2 Å². The molecule has 0 bridgehead atoms. The van der Waals surface area contributed by atoms with E-state index in [1.807, 2.05) is 0 Å². The van der Waals surface area contributed by atoms with Crippen LogP contribution in [-0.4, -0.2) is 12.6 Å². The zero-order valence-corrected chi connectivity index (χ0v) is 8.08. The van der Waals surface area contributed by atoms with Crippen LogP contribution in [0.3, 0.4) is 0 Å². The second-order valence-electron chi connectivity index (χ2n) is 3.55. The summed E-state index contributed by atoms with van der Waals surface area (Å²) in [5.41, 5.74) is 0. The van der Waals surface area contributed by atoms with E-state index < -0.39 is 0 Å². The van der Waals surface area contributed by atoms with E-state index >= 15 is 0 Å². The second-order valence-corrected chi connectivity index (χ2v) is 3.55. The average Bonchev–Trinajstić information content (AvgIpc) is 2.16. The molecule has 0 radical (unpaired) electrons. The van der Waals surface area contributed by atoms with Gasteiger partial charge in [-0.15, -0.1) is 0 Å². The molecule has 0 saturated carbocycles. The highest BCUT2D eigenvalue weighted by molar-refractivity contribution is 5.37. The molecule has 1 rings (SSSR count). The van der Waals surface area contributed by atoms with E-state index in [0.717, 1.165) is 12.8 Å². The van der Waals surface area contributed by atoms with Crippen molar-refractivity contribution in [2.75, 3.05) is 0 Å². The topological polar surface area (TPSA) is 26.3 Å². The van der Waals surface area contributed by atoms with Gasteiger partial charge in [0.05, 0.1) is 0 Å². The number of hydrogen-bond donors (Lipinski definition) is 0. The number of carbonyl (C=O) groups is 1. The third-order valence-electron chi connectivity index (χ3n) is 2.46. The molecule has 0 spiro atoms. The van der Waals surface area contributed by atoms with Crippen LogP contribution in [0.15, 0.2) is 12.2 Å². The molecule has 0 fully saturated rings. The Balaban J connectivity index is 2.33. The molecule has 1 aliphatic carbocycles. The quantitative estimate of drug-likeness (QED) is 0.485. The summed E-state index contributed by atoms with van der Waals surface area (Å²) in [5, 5.41) is 0. The van der Waals surface area contributed by atoms with Crippen molar-refractivity contribution in [3.63, 3.8) is 0 Å². The van der Waals surface area contributed by atoms with Crippen molar-refractivity contribution in [2.24, 2.45) is 0 Å². The summed E-state index contributed by atoms with van der Waals surface area (Å²) in [7, 11) is 0. The van der Waals surface area contributed by atoms with Gasteiger partial charge in [0.25, 0.3) is 6.47 Å². The Hall–Kier alpha value is -0.790. The number of ether oxygens (including phenoxy) is 1. The van der Waals surface area contributed by atoms with Crippen LogP contribution >= 0.6 is 0 Å². The average molecular weight is 182 g/mol. The van der Waals surface area contributed by atoms with Crippen LogP contribution in [0.1, 0.15) is 44.9 Å². The van der Waals surface area contributed by atoms with E-state index in [-0.39, 0.29) is 6.10 Å². The molecule has 1 atom stereocenters. The van der Waals surface area contributed by atoms with Gasteiger partial charge < -0.3 is 4.74 Å². The molecule has 0 aromatic heterocycles. The minimum Gasteiger partial charge on any atom is -0.464 e. The van der Waals surface area contributed by atoms with Gasteiger partial charge in [0, 0.05) is 6.42 Å². The number of hydrogen-bond acceptors (Lipinski definition) is 2. The summed E-state index contributed by atoms with van der Waals surface area (Å²) in [5.74, 6) is 0. The lowest BCUT2D eigenvalue weighted by atomic mass is 10.0. The molecule has 2 heteroatoms. The molecule has 13 heavy (non-hydrogen) atoms. The Morgan fingerprint density at radius 2 is 2.00 bits per heavy atom. The Labute approximate surface area is 80.0 Å². The van der Waals surface area contributed by atoms with Gasteiger partial charge in [-0.1, -0.05) is 25.0 Å². The molecule has 0 amide bonds. The zero-order valence-electron chi connectivity index (χ0n) is 8.08. The largest absolute Gasteiger partial charge is 0.464 e. The molecule has 1 aliphatic rings. The lowest BCUT2D eigenvalue weighted by Gasteiger charge is -2.13. The monoisotopic (exact) mass is 182 g/mol. The van der Waals surface area contributed by atoms with Crippen molar-refractivity contribution in [3.8, 4) is 0 Å². The van der Waals surface area contributed by atoms with Crippen LogP contribution in [0.25, 0.3) is 0 Å². The summed E-state index contributed by atoms with van der Waals surface area (Å²) in [6.45, 7) is 0.574. The fourth-order valence-corrected chi connectivity index (χ4v) is 1.67. The lowest BCUT2D eigenvalue weighted by molar-refractivity contribution is -0.133. The van der Waals surface area contributed by atoms with Gasteiger partial charge in [0.2, 0.25) is 0 Å². The van der Waals surface area contributed by atoms with Crippen LogP contribution in [0.2, 0.25) is 0 Å². The maximum absolute atomic E-state index is 10.2. The van der Waals surface area contributed by atoms with Crippen LogP contribution < -0.4 is 0 Å². The summed E-state index contributed by atoms with van der Waals surface area (Å²) in [4.78, 5) is 10.2. The van der Waals surface area contributed by atoms with E-state index in [1.54, 1.807) is 0 Å². The van der Waals surface area contributed by atoms with E-state index in [4.69, 9.17) is 4.74 Å². The van der Waals surface area contributed by atoms with Gasteiger partial charge in [-0.25, -0.2) is 0 Å². The summed E-state index contributed by atoms with van der Waals surface area (Å²) in [6.07, 6.45) is 12.6. The zero-order chi connectivity index (χ0) is 9.36. The molecule has 0 heterocycles. The van der Waals surface area contributed by atoms with Crippen LogP contribution in [0.5, 0.6) is 0 Å². The van der Waals surface area contributed by atoms with E-state index in [9.17, 15) is 4.79 Å². The highest BCUT2D eigenvalue weighted by Gasteiger charge is 2.07. The van der Waals surface area contributed by atoms with E-state index in [1.165, 1.54) is 32.1 Å². The first-order chi connectivity index (χ1) is 6.43. The smallest absolute Gasteiger partial charge is 0.293 e. The number of rotatable bonds is 2. The summed E-state index contributed by atoms with van der Waals surface area (Å²) in [6, 6.07) is 0. The first-order valence-corrected chi connectivity index (χ1v) is 5.17. The molecule has 0 saturated heterocycles. The van der Waals surface area contributed by atoms with Crippen molar-refractivity contribution in [3.05, 3.63) is 12.2 Å². The van der Waals surface area contributed by atoms with Gasteiger partial charge in [0.15, 0.2) is 0 Å². The Morgan fingerprint density at radius 1 is 1.15 bits per heavy atom. The van der Waals surface area contributed by atoms with Crippen molar-refractivity contribution in [1.82, 2.24) is 0 Å². The summed E-state index contributed by atoms with van der Waals surface area (Å²) < 4.78 is 4.98. The van der Waals surface area contributed by atoms with Crippen molar-refractivity contribution in [1.29, 1.82) is 0 Å². The van der Waals surface area contributed by atoms with Crippen LogP contribution in [0, 0.1) is 0 Å². The molecule has 2 nitrogen and oxygen atoms in total. The molecule has 0 aliphatic heterocycles. The third kappa shape index (κ3) is 4.71. The minimum atomic E-state index is 0.117. The molecule has 1 unspecified atom stereocenters. The SMILES string of the molecule is O=COC1CC=CCCCCCC1. The molecular formula is C11H18O2. The molecule has 0 aromatic rings. The first kappa shape index (κ1) is 10.3. The predicted octanol–water partition coefficient (Wildman–Crippen LogP) is 2.83. The van der Waals surface area contributed by atoms with Gasteiger partial charge in [-0.3, -0.25) is 4.79 Å². The van der Waals surface area contributed by atoms with Crippen molar-refractivity contribution >= 4 is 6.47 Å². The normalized spacial score (nSPS) is 25.1. The van der Waals surface area contributed by atoms with E-state index in [0.29, 0.717) is 6.47 Å². The first-order valence-electron chi connectivity index (χ1n) is 5.17. The lowest BCUT2D eigenvalue weighted by Crippen LogP contribution is -2.11. The highest BCUT2D eigenvalue weighted by atomic mass is 16.5. The predicted molar refractivity (Wildman–Crippen MR) is 52.4 cm³/mol. The van der Waals surface area contributed by atoms with Crippen LogP contribution in [-0.2, 0) is 9.53 Å². The summed E-state index contributed by atoms with van der Waals surface area (Å²) >= 11 is 0. The fraction of sp³-hybridized carbons (Fsp3) is 0.727. The van der Waals surface area contributed by atoms with Gasteiger partial charge in [-0.2, -0.15) is 0 Å². The fourth-order valence-electron chi connectivity index (χ4n) is 1.67. The molecule has 0 aromatic carbocycles. The Kier molecular flexibility index (Phi) is 5.30. The highest BCUT2D eigenvalue weighted by Crippen LogP contribution is 2.14.